The molecule has 0 aliphatic carbocycles. The number of carbonyl (C=O) groups is 2. The van der Waals surface area contributed by atoms with Crippen LogP contribution in [0.3, 0.4) is 0 Å². The lowest BCUT2D eigenvalue weighted by Gasteiger charge is -2.32. The topological polar surface area (TPSA) is 52.7 Å². The van der Waals surface area contributed by atoms with Gasteiger partial charge in [-0.25, -0.2) is 0 Å². The van der Waals surface area contributed by atoms with Crippen molar-refractivity contribution in [2.75, 3.05) is 32.7 Å². The molecule has 2 aliphatic rings. The Morgan fingerprint density at radius 2 is 1.72 bits per heavy atom. The molecule has 2 heterocycles. The Balaban J connectivity index is 1.56. The molecule has 3 rings (SSSR count). The molecule has 2 aliphatic heterocycles. The zero-order chi connectivity index (χ0) is 17.6. The molecule has 2 amide bonds. The van der Waals surface area contributed by atoms with Gasteiger partial charge in [-0.3, -0.25) is 14.5 Å². The molecule has 1 aromatic rings. The van der Waals surface area contributed by atoms with Crippen molar-refractivity contribution in [3.8, 4) is 0 Å². The Bertz CT molecular complexity index is 576. The Morgan fingerprint density at radius 3 is 2.32 bits per heavy atom. The number of hydrogen-bond acceptors (Lipinski definition) is 3. The molecule has 0 spiro atoms. The summed E-state index contributed by atoms with van der Waals surface area (Å²) in [4.78, 5) is 28.3. The summed E-state index contributed by atoms with van der Waals surface area (Å²) in [7, 11) is 0. The third-order valence-electron chi connectivity index (χ3n) is 5.55. The zero-order valence-corrected chi connectivity index (χ0v) is 15.1. The minimum atomic E-state index is 0.0330. The molecule has 136 valence electrons. The number of benzene rings is 1. The fourth-order valence-corrected chi connectivity index (χ4v) is 3.98. The van der Waals surface area contributed by atoms with Crippen LogP contribution in [0.1, 0.15) is 44.2 Å². The molecule has 1 atom stereocenters. The van der Waals surface area contributed by atoms with Gasteiger partial charge in [0.25, 0.3) is 0 Å². The predicted octanol–water partition coefficient (Wildman–Crippen LogP) is 2.20. The first-order chi connectivity index (χ1) is 12.1. The Hall–Kier alpha value is -1.88. The molecule has 1 N–H and O–H groups in total. The van der Waals surface area contributed by atoms with Gasteiger partial charge in [0.2, 0.25) is 11.8 Å². The van der Waals surface area contributed by atoms with E-state index < -0.39 is 0 Å². The van der Waals surface area contributed by atoms with Crippen LogP contribution >= 0.6 is 0 Å². The van der Waals surface area contributed by atoms with Gasteiger partial charge in [0, 0.05) is 32.5 Å². The highest BCUT2D eigenvalue weighted by atomic mass is 16.2. The summed E-state index contributed by atoms with van der Waals surface area (Å²) in [6.07, 6.45) is 4.01. The van der Waals surface area contributed by atoms with E-state index in [9.17, 15) is 9.59 Å². The van der Waals surface area contributed by atoms with E-state index in [1.807, 2.05) is 11.0 Å². The summed E-state index contributed by atoms with van der Waals surface area (Å²) in [6.45, 7) is 5.86. The molecule has 1 unspecified atom stereocenters. The second-order valence-electron chi connectivity index (χ2n) is 7.20. The maximum atomic E-state index is 12.6. The van der Waals surface area contributed by atoms with Crippen molar-refractivity contribution >= 4 is 11.8 Å². The molecular formula is C20H29N3O2. The minimum absolute atomic E-state index is 0.0330. The molecule has 0 saturated carbocycles. The summed E-state index contributed by atoms with van der Waals surface area (Å²) < 4.78 is 0. The second-order valence-corrected chi connectivity index (χ2v) is 7.20. The Morgan fingerprint density at radius 1 is 1.08 bits per heavy atom. The predicted molar refractivity (Wildman–Crippen MR) is 98.0 cm³/mol. The van der Waals surface area contributed by atoms with Crippen molar-refractivity contribution in [1.29, 1.82) is 0 Å². The van der Waals surface area contributed by atoms with Crippen LogP contribution in [0.2, 0.25) is 0 Å². The number of likely N-dealkylation sites (tertiary alicyclic amines) is 2. The summed E-state index contributed by atoms with van der Waals surface area (Å²) in [5.74, 6) is 0.283. The standard InChI is InChI=1S/C20H29N3O2/c1-16(24)22-13-9-18(10-14-22)20(25)21-15-19(23-11-5-6-12-23)17-7-3-2-4-8-17/h2-4,7-8,18-19H,5-6,9-15H2,1H3,(H,21,25). The van der Waals surface area contributed by atoms with E-state index in [1.54, 1.807) is 6.92 Å². The minimum Gasteiger partial charge on any atom is -0.354 e. The van der Waals surface area contributed by atoms with Crippen LogP contribution in [0, 0.1) is 5.92 Å². The number of rotatable bonds is 5. The van der Waals surface area contributed by atoms with Gasteiger partial charge >= 0.3 is 0 Å². The van der Waals surface area contributed by atoms with Crippen LogP contribution in [0.4, 0.5) is 0 Å². The quantitative estimate of drug-likeness (QED) is 0.892. The number of nitrogens with one attached hydrogen (secondary N) is 1. The third kappa shape index (κ3) is 4.60. The highest BCUT2D eigenvalue weighted by Crippen LogP contribution is 2.25. The summed E-state index contributed by atoms with van der Waals surface area (Å²) in [6, 6.07) is 10.7. The van der Waals surface area contributed by atoms with Gasteiger partial charge < -0.3 is 10.2 Å². The van der Waals surface area contributed by atoms with Crippen molar-refractivity contribution in [2.45, 2.75) is 38.6 Å². The second kappa shape index (κ2) is 8.48. The van der Waals surface area contributed by atoms with Crippen molar-refractivity contribution in [2.24, 2.45) is 5.92 Å². The fraction of sp³-hybridized carbons (Fsp3) is 0.600. The Labute approximate surface area is 150 Å². The van der Waals surface area contributed by atoms with Crippen molar-refractivity contribution < 1.29 is 9.59 Å². The van der Waals surface area contributed by atoms with Crippen LogP contribution < -0.4 is 5.32 Å². The van der Waals surface area contributed by atoms with Gasteiger partial charge in [-0.15, -0.1) is 0 Å². The van der Waals surface area contributed by atoms with Crippen LogP contribution in [0.5, 0.6) is 0 Å². The lowest BCUT2D eigenvalue weighted by Crippen LogP contribution is -2.44. The van der Waals surface area contributed by atoms with Gasteiger partial charge in [0.15, 0.2) is 0 Å². The normalized spacial score (nSPS) is 20.4. The highest BCUT2D eigenvalue weighted by Gasteiger charge is 2.28. The largest absolute Gasteiger partial charge is 0.354 e. The van der Waals surface area contributed by atoms with Crippen molar-refractivity contribution in [3.05, 3.63) is 35.9 Å². The number of nitrogens with zero attached hydrogens (tertiary/aromatic N) is 2. The van der Waals surface area contributed by atoms with Crippen molar-refractivity contribution in [1.82, 2.24) is 15.1 Å². The SMILES string of the molecule is CC(=O)N1CCC(C(=O)NCC(c2ccccc2)N2CCCC2)CC1. The molecule has 2 fully saturated rings. The molecule has 0 bridgehead atoms. The number of amides is 2. The molecule has 5 nitrogen and oxygen atoms in total. The monoisotopic (exact) mass is 343 g/mol. The van der Waals surface area contributed by atoms with E-state index in [0.717, 1.165) is 25.9 Å². The lowest BCUT2D eigenvalue weighted by atomic mass is 9.95. The maximum Gasteiger partial charge on any atom is 0.223 e. The molecule has 0 aromatic heterocycles. The molecular weight excluding hydrogens is 314 g/mol. The van der Waals surface area contributed by atoms with E-state index in [2.05, 4.69) is 34.5 Å². The van der Waals surface area contributed by atoms with Gasteiger partial charge in [0.1, 0.15) is 0 Å². The number of piperidine rings is 1. The van der Waals surface area contributed by atoms with E-state index in [0.29, 0.717) is 19.6 Å². The molecule has 2 saturated heterocycles. The first kappa shape index (κ1) is 17.9. The highest BCUT2D eigenvalue weighted by molar-refractivity contribution is 5.79. The lowest BCUT2D eigenvalue weighted by molar-refractivity contribution is -0.134. The van der Waals surface area contributed by atoms with Crippen LogP contribution in [-0.2, 0) is 9.59 Å². The number of hydrogen-bond donors (Lipinski definition) is 1. The zero-order valence-electron chi connectivity index (χ0n) is 15.1. The molecule has 0 radical (unpaired) electrons. The summed E-state index contributed by atoms with van der Waals surface area (Å²) >= 11 is 0. The van der Waals surface area contributed by atoms with E-state index in [1.165, 1.54) is 18.4 Å². The summed E-state index contributed by atoms with van der Waals surface area (Å²) in [5, 5.41) is 3.19. The van der Waals surface area contributed by atoms with Gasteiger partial charge in [-0.2, -0.15) is 0 Å². The van der Waals surface area contributed by atoms with Gasteiger partial charge in [0.05, 0.1) is 6.04 Å². The Kier molecular flexibility index (Phi) is 6.08. The average Bonchev–Trinajstić information content (AvgIpc) is 3.17. The first-order valence-corrected chi connectivity index (χ1v) is 9.47. The molecule has 25 heavy (non-hydrogen) atoms. The summed E-state index contributed by atoms with van der Waals surface area (Å²) in [5.41, 5.74) is 1.27. The third-order valence-corrected chi connectivity index (χ3v) is 5.55. The first-order valence-electron chi connectivity index (χ1n) is 9.47. The van der Waals surface area contributed by atoms with Crippen LogP contribution in [0.25, 0.3) is 0 Å². The van der Waals surface area contributed by atoms with Crippen LogP contribution in [0.15, 0.2) is 30.3 Å². The van der Waals surface area contributed by atoms with E-state index >= 15 is 0 Å². The number of carbonyl (C=O) groups excluding carboxylic acids is 2. The van der Waals surface area contributed by atoms with E-state index in [4.69, 9.17) is 0 Å². The molecule has 1 aromatic carbocycles. The smallest absolute Gasteiger partial charge is 0.223 e. The van der Waals surface area contributed by atoms with Gasteiger partial charge in [-0.05, 0) is 44.3 Å². The maximum absolute atomic E-state index is 12.6. The van der Waals surface area contributed by atoms with Gasteiger partial charge in [-0.1, -0.05) is 30.3 Å². The van der Waals surface area contributed by atoms with Crippen molar-refractivity contribution in [3.63, 3.8) is 0 Å². The fourth-order valence-electron chi connectivity index (χ4n) is 3.98. The van der Waals surface area contributed by atoms with E-state index in [-0.39, 0.29) is 23.8 Å². The molecule has 5 heteroatoms. The van der Waals surface area contributed by atoms with Crippen LogP contribution in [-0.4, -0.2) is 54.3 Å². The average molecular weight is 343 g/mol.